The van der Waals surface area contributed by atoms with E-state index in [0.717, 1.165) is 4.90 Å². The van der Waals surface area contributed by atoms with E-state index in [1.165, 1.54) is 6.07 Å². The molecule has 0 aliphatic carbocycles. The fourth-order valence-electron chi connectivity index (χ4n) is 4.73. The third kappa shape index (κ3) is 13.5. The maximum atomic E-state index is 13.1. The Morgan fingerprint density at radius 2 is 1.28 bits per heavy atom. The number of fused-ring (bicyclic) bond motifs is 1. The molecule has 2 aliphatic rings. The number of carbonyl (C=O) groups is 7. The van der Waals surface area contributed by atoms with Gasteiger partial charge in [0, 0.05) is 25.1 Å². The zero-order chi connectivity index (χ0) is 36.1. The van der Waals surface area contributed by atoms with Gasteiger partial charge in [-0.05, 0) is 18.6 Å². The molecule has 0 saturated carbocycles. The molecule has 3 rings (SSSR count). The van der Waals surface area contributed by atoms with Crippen molar-refractivity contribution in [3.63, 3.8) is 0 Å². The third-order valence-electron chi connectivity index (χ3n) is 7.18. The molecule has 1 fully saturated rings. The Balaban J connectivity index is 1.09. The number of amides is 4. The van der Waals surface area contributed by atoms with Gasteiger partial charge in [-0.25, -0.2) is 4.79 Å². The summed E-state index contributed by atoms with van der Waals surface area (Å²) in [6.07, 6.45) is -0.552. The first-order valence-electron chi connectivity index (χ1n) is 16.2. The van der Waals surface area contributed by atoms with Gasteiger partial charge in [0.2, 0.25) is 17.6 Å². The van der Waals surface area contributed by atoms with E-state index in [-0.39, 0.29) is 50.2 Å². The quantitative estimate of drug-likeness (QED) is 0.0456. The molecule has 0 aromatic heterocycles. The summed E-state index contributed by atoms with van der Waals surface area (Å²) in [5.74, 6) is -5.51. The molecule has 18 nitrogen and oxygen atoms in total. The summed E-state index contributed by atoms with van der Waals surface area (Å²) in [5.41, 5.74) is 0.853. The predicted molar refractivity (Wildman–Crippen MR) is 169 cm³/mol. The Hall–Kier alpha value is -4.33. The number of carboxylic acids is 1. The van der Waals surface area contributed by atoms with E-state index in [2.05, 4.69) is 10.6 Å². The molecule has 2 aliphatic heterocycles. The molecule has 2 heterocycles. The van der Waals surface area contributed by atoms with E-state index in [9.17, 15) is 33.6 Å². The first-order valence-corrected chi connectivity index (χ1v) is 16.2. The second kappa shape index (κ2) is 22.4. The number of ketones is 1. The summed E-state index contributed by atoms with van der Waals surface area (Å²) < 4.78 is 37.3. The number of anilines is 1. The van der Waals surface area contributed by atoms with Crippen LogP contribution < -0.4 is 10.6 Å². The number of hydrogen-bond acceptors (Lipinski definition) is 15. The van der Waals surface area contributed by atoms with E-state index < -0.39 is 53.8 Å². The van der Waals surface area contributed by atoms with E-state index in [1.807, 2.05) is 0 Å². The van der Waals surface area contributed by atoms with Gasteiger partial charge in [0.1, 0.15) is 12.6 Å². The molecular formula is C32H43N3O15. The van der Waals surface area contributed by atoms with Crippen molar-refractivity contribution in [1.29, 1.82) is 0 Å². The van der Waals surface area contributed by atoms with Gasteiger partial charge in [0.05, 0.1) is 96.8 Å². The maximum Gasteiger partial charge on any atom is 0.372 e. The van der Waals surface area contributed by atoms with Gasteiger partial charge in [-0.2, -0.15) is 0 Å². The molecule has 0 radical (unpaired) electrons. The van der Waals surface area contributed by atoms with Crippen LogP contribution in [0.25, 0.3) is 0 Å². The van der Waals surface area contributed by atoms with Crippen LogP contribution in [-0.2, 0) is 57.1 Å². The number of aliphatic carboxylic acids is 1. The highest BCUT2D eigenvalue weighted by atomic mass is 16.6. The molecule has 18 heteroatoms. The maximum absolute atomic E-state index is 13.1. The molecule has 50 heavy (non-hydrogen) atoms. The van der Waals surface area contributed by atoms with Crippen LogP contribution in [0.5, 0.6) is 0 Å². The number of esters is 1. The van der Waals surface area contributed by atoms with E-state index >= 15 is 0 Å². The Kier molecular flexibility index (Phi) is 18.0. The van der Waals surface area contributed by atoms with Crippen LogP contribution in [0, 0.1) is 0 Å². The van der Waals surface area contributed by atoms with Crippen molar-refractivity contribution in [3.8, 4) is 0 Å². The van der Waals surface area contributed by atoms with Crippen LogP contribution in [-0.4, -0.2) is 150 Å². The molecular weight excluding hydrogens is 666 g/mol. The zero-order valence-electron chi connectivity index (χ0n) is 27.6. The lowest BCUT2D eigenvalue weighted by Crippen LogP contribution is -2.54. The normalized spacial score (nSPS) is 15.6. The summed E-state index contributed by atoms with van der Waals surface area (Å²) in [5, 5.41) is 13.7. The number of Topliss-reactive ketones (excluding diaryl/α,β-unsaturated/α-hetero) is 1. The number of hydrogen-bond donors (Lipinski definition) is 3. The SMILES string of the molecule is O=C1CCC(N2C(=O)c3cccc(NCCOCCOCCOCCOCCOCCOCCOC(=O)CCC(=O)C(=O)O)c3C2=O)C(=O)N1. The van der Waals surface area contributed by atoms with Gasteiger partial charge in [-0.1, -0.05) is 6.07 Å². The number of benzene rings is 1. The largest absolute Gasteiger partial charge is 0.476 e. The summed E-state index contributed by atoms with van der Waals surface area (Å²) >= 11 is 0. The summed E-state index contributed by atoms with van der Waals surface area (Å²) in [6, 6.07) is 3.84. The number of imide groups is 2. The molecule has 1 unspecified atom stereocenters. The van der Waals surface area contributed by atoms with Crippen LogP contribution in [0.3, 0.4) is 0 Å². The van der Waals surface area contributed by atoms with Crippen molar-refractivity contribution in [2.75, 3.05) is 97.8 Å². The number of carboxylic acid groups (broad SMARTS) is 1. The lowest BCUT2D eigenvalue weighted by Gasteiger charge is -2.27. The van der Waals surface area contributed by atoms with Crippen LogP contribution in [0.4, 0.5) is 5.69 Å². The molecule has 0 spiro atoms. The fraction of sp³-hybridized carbons (Fsp3) is 0.594. The van der Waals surface area contributed by atoms with Crippen LogP contribution in [0.15, 0.2) is 18.2 Å². The summed E-state index contributed by atoms with van der Waals surface area (Å²) in [4.78, 5) is 83.4. The summed E-state index contributed by atoms with van der Waals surface area (Å²) in [7, 11) is 0. The average molecular weight is 710 g/mol. The van der Waals surface area contributed by atoms with Gasteiger partial charge in [-0.15, -0.1) is 0 Å². The summed E-state index contributed by atoms with van der Waals surface area (Å²) in [6.45, 7) is 4.41. The third-order valence-corrected chi connectivity index (χ3v) is 7.18. The molecule has 1 aromatic carbocycles. The molecule has 1 saturated heterocycles. The fourth-order valence-corrected chi connectivity index (χ4v) is 4.73. The van der Waals surface area contributed by atoms with Gasteiger partial charge < -0.3 is 43.6 Å². The first kappa shape index (κ1) is 40.1. The van der Waals surface area contributed by atoms with Gasteiger partial charge in [-0.3, -0.25) is 39.0 Å². The Bertz CT molecular complexity index is 1340. The van der Waals surface area contributed by atoms with Gasteiger partial charge in [0.15, 0.2) is 0 Å². The number of ether oxygens (including phenoxy) is 7. The number of piperidine rings is 1. The first-order chi connectivity index (χ1) is 24.2. The number of rotatable bonds is 27. The molecule has 1 atom stereocenters. The smallest absolute Gasteiger partial charge is 0.372 e. The molecule has 3 N–H and O–H groups in total. The second-order valence-corrected chi connectivity index (χ2v) is 10.7. The van der Waals surface area contributed by atoms with Gasteiger partial charge >= 0.3 is 11.9 Å². The monoisotopic (exact) mass is 709 g/mol. The lowest BCUT2D eigenvalue weighted by molar-refractivity contribution is -0.151. The van der Waals surface area contributed by atoms with Crippen LogP contribution in [0.2, 0.25) is 0 Å². The van der Waals surface area contributed by atoms with E-state index in [4.69, 9.17) is 38.3 Å². The molecule has 276 valence electrons. The highest BCUT2D eigenvalue weighted by molar-refractivity contribution is 6.32. The standard InChI is InChI=1S/C32H43N3O15/c36-25(32(42)43)5-7-27(38)50-21-20-49-19-18-48-17-16-47-15-14-46-13-12-45-11-10-44-9-8-33-23-3-1-2-22-28(23)31(41)35(30(22)40)24-4-6-26(37)34-29(24)39/h1-3,24,33H,4-21H2,(H,42,43)(H,34,37,39). The van der Waals surface area contributed by atoms with Crippen molar-refractivity contribution in [1.82, 2.24) is 10.2 Å². The van der Waals surface area contributed by atoms with Crippen molar-refractivity contribution < 1.29 is 71.8 Å². The number of carbonyl (C=O) groups excluding carboxylic acids is 6. The minimum Gasteiger partial charge on any atom is -0.476 e. The van der Waals surface area contributed by atoms with Crippen molar-refractivity contribution >= 4 is 47.0 Å². The van der Waals surface area contributed by atoms with Crippen molar-refractivity contribution in [2.45, 2.75) is 31.7 Å². The highest BCUT2D eigenvalue weighted by Crippen LogP contribution is 2.32. The molecule has 1 aromatic rings. The Labute approximate surface area is 287 Å². The van der Waals surface area contributed by atoms with Crippen LogP contribution >= 0.6 is 0 Å². The topological polar surface area (TPSA) is 232 Å². The van der Waals surface area contributed by atoms with E-state index in [0.29, 0.717) is 78.3 Å². The van der Waals surface area contributed by atoms with Crippen molar-refractivity contribution in [2.24, 2.45) is 0 Å². The molecule has 4 amide bonds. The zero-order valence-corrected chi connectivity index (χ0v) is 27.6. The van der Waals surface area contributed by atoms with Crippen molar-refractivity contribution in [3.05, 3.63) is 29.3 Å². The number of nitrogens with zero attached hydrogens (tertiary/aromatic N) is 1. The number of nitrogens with one attached hydrogen (secondary N) is 2. The minimum atomic E-state index is -1.58. The Morgan fingerprint density at radius 1 is 0.740 bits per heavy atom. The second-order valence-electron chi connectivity index (χ2n) is 10.7. The van der Waals surface area contributed by atoms with Crippen LogP contribution in [0.1, 0.15) is 46.4 Å². The lowest BCUT2D eigenvalue weighted by atomic mass is 10.0. The van der Waals surface area contributed by atoms with E-state index in [1.54, 1.807) is 12.1 Å². The average Bonchev–Trinajstić information content (AvgIpc) is 3.35. The highest BCUT2D eigenvalue weighted by Gasteiger charge is 2.45. The minimum absolute atomic E-state index is 0.00892. The molecule has 0 bridgehead atoms. The van der Waals surface area contributed by atoms with Gasteiger partial charge in [0.25, 0.3) is 11.8 Å². The predicted octanol–water partition coefficient (Wildman–Crippen LogP) is -0.424. The Morgan fingerprint density at radius 3 is 1.82 bits per heavy atom.